The minimum atomic E-state index is -0.333. The molecule has 2 aromatic carbocycles. The molecule has 0 aromatic heterocycles. The lowest BCUT2D eigenvalue weighted by molar-refractivity contribution is 0.255. The molecule has 114 valence electrons. The van der Waals surface area contributed by atoms with Gasteiger partial charge in [-0.25, -0.2) is 4.79 Å². The summed E-state index contributed by atoms with van der Waals surface area (Å²) in [6, 6.07) is 11.2. The van der Waals surface area contributed by atoms with Gasteiger partial charge in [0.25, 0.3) is 0 Å². The molecule has 0 radical (unpaired) electrons. The number of aryl methyl sites for hydroxylation is 2. The topological polar surface area (TPSA) is 41.1 Å². The zero-order chi connectivity index (χ0) is 16.1. The monoisotopic (exact) mass is 378 g/mol. The predicted molar refractivity (Wildman–Crippen MR) is 96.3 cm³/mol. The quantitative estimate of drug-likeness (QED) is 0.725. The van der Waals surface area contributed by atoms with E-state index in [9.17, 15) is 4.79 Å². The van der Waals surface area contributed by atoms with Crippen LogP contribution >= 0.6 is 27.5 Å². The summed E-state index contributed by atoms with van der Waals surface area (Å²) >= 11 is 9.56. The number of carbonyl (C=O) groups excluding carboxylic acids is 1. The van der Waals surface area contributed by atoms with Crippen molar-refractivity contribution in [3.8, 4) is 0 Å². The molecule has 0 unspecified atom stereocenters. The van der Waals surface area contributed by atoms with Crippen LogP contribution < -0.4 is 10.6 Å². The van der Waals surface area contributed by atoms with Gasteiger partial charge in [-0.05, 0) is 54.8 Å². The van der Waals surface area contributed by atoms with E-state index < -0.39 is 0 Å². The van der Waals surface area contributed by atoms with Crippen LogP contribution in [0.2, 0.25) is 5.02 Å². The molecule has 0 aliphatic heterocycles. The van der Waals surface area contributed by atoms with Crippen molar-refractivity contribution in [1.29, 1.82) is 0 Å². The summed E-state index contributed by atoms with van der Waals surface area (Å²) < 4.78 is 0.987. The van der Waals surface area contributed by atoms with Crippen LogP contribution in [0.3, 0.4) is 0 Å². The van der Waals surface area contributed by atoms with E-state index >= 15 is 0 Å². The van der Waals surface area contributed by atoms with Crippen LogP contribution in [-0.4, -0.2) is 6.03 Å². The summed E-state index contributed by atoms with van der Waals surface area (Å²) in [7, 11) is 0. The maximum Gasteiger partial charge on any atom is 0.323 e. The van der Waals surface area contributed by atoms with Crippen molar-refractivity contribution in [2.75, 3.05) is 5.32 Å². The molecule has 2 N–H and O–H groups in total. The molecule has 0 atom stereocenters. The molecule has 0 aliphatic rings. The Morgan fingerprint density at radius 1 is 1.23 bits per heavy atom. The van der Waals surface area contributed by atoms with E-state index in [1.165, 1.54) is 0 Å². The van der Waals surface area contributed by atoms with E-state index in [4.69, 9.17) is 11.6 Å². The third kappa shape index (κ3) is 4.61. The summed E-state index contributed by atoms with van der Waals surface area (Å²) in [5, 5.41) is 5.96. The first-order valence-corrected chi connectivity index (χ1v) is 7.89. The Morgan fingerprint density at radius 2 is 2.00 bits per heavy atom. The molecule has 3 nitrogen and oxygen atoms in total. The third-order valence-corrected chi connectivity index (χ3v) is 3.80. The zero-order valence-corrected chi connectivity index (χ0v) is 14.6. The predicted octanol–water partition coefficient (Wildman–Crippen LogP) is 5.51. The van der Waals surface area contributed by atoms with Gasteiger partial charge in [0.2, 0.25) is 0 Å². The zero-order valence-electron chi connectivity index (χ0n) is 12.3. The van der Waals surface area contributed by atoms with Crippen LogP contribution in [0.4, 0.5) is 10.5 Å². The summed E-state index contributed by atoms with van der Waals surface area (Å²) in [6.45, 7) is 3.87. The molecule has 2 amide bonds. The maximum atomic E-state index is 11.9. The second-order valence-corrected chi connectivity index (χ2v) is 6.25. The molecule has 0 heterocycles. The van der Waals surface area contributed by atoms with Crippen LogP contribution in [0.25, 0.3) is 6.08 Å². The number of anilines is 1. The van der Waals surface area contributed by atoms with E-state index in [0.29, 0.717) is 10.7 Å². The first-order chi connectivity index (χ1) is 10.5. The molecular formula is C17H16BrClN2O. The van der Waals surface area contributed by atoms with E-state index in [1.807, 2.05) is 56.3 Å². The highest BCUT2D eigenvalue weighted by Gasteiger charge is 2.08. The molecule has 0 spiro atoms. The Balaban J connectivity index is 1.99. The Morgan fingerprint density at radius 3 is 2.68 bits per heavy atom. The van der Waals surface area contributed by atoms with Gasteiger partial charge >= 0.3 is 6.03 Å². The van der Waals surface area contributed by atoms with Crippen molar-refractivity contribution in [2.45, 2.75) is 13.8 Å². The second kappa shape index (κ2) is 7.47. The van der Waals surface area contributed by atoms with Crippen LogP contribution in [0, 0.1) is 13.8 Å². The van der Waals surface area contributed by atoms with Gasteiger partial charge in [-0.15, -0.1) is 0 Å². The largest absolute Gasteiger partial charge is 0.323 e. The number of nitrogens with one attached hydrogen (secondary N) is 2. The summed E-state index contributed by atoms with van der Waals surface area (Å²) in [6.07, 6.45) is 3.41. The van der Waals surface area contributed by atoms with Gasteiger partial charge in [0.15, 0.2) is 0 Å². The van der Waals surface area contributed by atoms with Gasteiger partial charge in [0, 0.05) is 10.7 Å². The number of benzene rings is 2. The van der Waals surface area contributed by atoms with Crippen molar-refractivity contribution in [1.82, 2.24) is 5.32 Å². The molecular weight excluding hydrogens is 364 g/mol. The van der Waals surface area contributed by atoms with Crippen molar-refractivity contribution >= 4 is 45.3 Å². The van der Waals surface area contributed by atoms with Gasteiger partial charge in [-0.1, -0.05) is 45.7 Å². The number of halogens is 2. The lowest BCUT2D eigenvalue weighted by Crippen LogP contribution is -2.24. The molecule has 2 aromatic rings. The minimum absolute atomic E-state index is 0.333. The molecule has 0 fully saturated rings. The number of urea groups is 1. The van der Waals surface area contributed by atoms with Crippen LogP contribution in [0.15, 0.2) is 47.1 Å². The number of hydrogen-bond donors (Lipinski definition) is 2. The van der Waals surface area contributed by atoms with Crippen LogP contribution in [0.1, 0.15) is 16.7 Å². The Kier molecular flexibility index (Phi) is 5.63. The van der Waals surface area contributed by atoms with Gasteiger partial charge in [-0.3, -0.25) is 0 Å². The van der Waals surface area contributed by atoms with Crippen LogP contribution in [-0.2, 0) is 0 Å². The minimum Gasteiger partial charge on any atom is -0.314 e. The summed E-state index contributed by atoms with van der Waals surface area (Å²) in [5.41, 5.74) is 3.60. The lowest BCUT2D eigenvalue weighted by atomic mass is 10.1. The van der Waals surface area contributed by atoms with Gasteiger partial charge in [-0.2, -0.15) is 0 Å². The highest BCUT2D eigenvalue weighted by atomic mass is 79.9. The van der Waals surface area contributed by atoms with Crippen molar-refractivity contribution in [3.05, 3.63) is 68.8 Å². The van der Waals surface area contributed by atoms with Gasteiger partial charge < -0.3 is 10.6 Å². The summed E-state index contributed by atoms with van der Waals surface area (Å²) in [4.78, 5) is 11.9. The third-order valence-electron chi connectivity index (χ3n) is 3.01. The van der Waals surface area contributed by atoms with E-state index in [1.54, 1.807) is 6.20 Å². The smallest absolute Gasteiger partial charge is 0.314 e. The average Bonchev–Trinajstić information content (AvgIpc) is 2.43. The van der Waals surface area contributed by atoms with Crippen LogP contribution in [0.5, 0.6) is 0 Å². The van der Waals surface area contributed by atoms with Crippen molar-refractivity contribution in [3.63, 3.8) is 0 Å². The Hall–Kier alpha value is -1.78. The first kappa shape index (κ1) is 16.6. The molecule has 0 saturated heterocycles. The highest BCUT2D eigenvalue weighted by molar-refractivity contribution is 9.10. The van der Waals surface area contributed by atoms with E-state index in [0.717, 1.165) is 21.2 Å². The Labute approximate surface area is 143 Å². The molecule has 0 bridgehead atoms. The SMILES string of the molecule is Cc1cc(C)c(NC(=O)N/C=C/c2cccc(Br)c2)c(Cl)c1. The standard InChI is InChI=1S/C17H16BrClN2O/c1-11-8-12(2)16(15(19)9-11)21-17(22)20-7-6-13-4-3-5-14(18)10-13/h3-10H,1-2H3,(H2,20,21,22)/b7-6+. The maximum absolute atomic E-state index is 11.9. The van der Waals surface area contributed by atoms with Crippen molar-refractivity contribution < 1.29 is 4.79 Å². The second-order valence-electron chi connectivity index (χ2n) is 4.93. The van der Waals surface area contributed by atoms with Crippen molar-refractivity contribution in [2.24, 2.45) is 0 Å². The fraction of sp³-hybridized carbons (Fsp3) is 0.118. The fourth-order valence-corrected chi connectivity index (χ4v) is 2.83. The van der Waals surface area contributed by atoms with E-state index in [2.05, 4.69) is 26.6 Å². The fourth-order valence-electron chi connectivity index (χ4n) is 2.05. The molecule has 2 rings (SSSR count). The normalized spacial score (nSPS) is 10.7. The molecule has 5 heteroatoms. The average molecular weight is 380 g/mol. The lowest BCUT2D eigenvalue weighted by Gasteiger charge is -2.11. The first-order valence-electron chi connectivity index (χ1n) is 6.72. The summed E-state index contributed by atoms with van der Waals surface area (Å²) in [5.74, 6) is 0. The molecule has 0 aliphatic carbocycles. The molecule has 22 heavy (non-hydrogen) atoms. The van der Waals surface area contributed by atoms with E-state index in [-0.39, 0.29) is 6.03 Å². The van der Waals surface area contributed by atoms with Gasteiger partial charge in [0.1, 0.15) is 0 Å². The highest BCUT2D eigenvalue weighted by Crippen LogP contribution is 2.27. The Bertz CT molecular complexity index is 705. The van der Waals surface area contributed by atoms with Gasteiger partial charge in [0.05, 0.1) is 10.7 Å². The number of carbonyl (C=O) groups is 1. The molecule has 0 saturated carbocycles. The number of amides is 2. The number of rotatable bonds is 3. The number of hydrogen-bond acceptors (Lipinski definition) is 1.